The minimum absolute atomic E-state index is 0.244. The fourth-order valence-corrected chi connectivity index (χ4v) is 3.43. The van der Waals surface area contributed by atoms with E-state index >= 15 is 0 Å². The smallest absolute Gasteiger partial charge is 0.296 e. The van der Waals surface area contributed by atoms with Crippen LogP contribution in [-0.4, -0.2) is 46.4 Å². The van der Waals surface area contributed by atoms with Crippen LogP contribution in [-0.2, 0) is 10.0 Å². The van der Waals surface area contributed by atoms with Crippen LogP contribution in [0.1, 0.15) is 5.56 Å². The number of hydrogen-bond acceptors (Lipinski definition) is 5. The molecule has 0 atom stereocenters. The van der Waals surface area contributed by atoms with Gasteiger partial charge in [-0.3, -0.25) is 4.98 Å². The molecule has 3 rings (SSSR count). The van der Waals surface area contributed by atoms with Crippen molar-refractivity contribution in [2.75, 3.05) is 14.1 Å². The molecule has 0 unspecified atom stereocenters. The van der Waals surface area contributed by atoms with E-state index in [9.17, 15) is 13.2 Å². The first kappa shape index (κ1) is 15.4. The number of nitrogens with zero attached hydrogens (tertiary/aromatic N) is 4. The molecule has 120 valence electrons. The molecule has 8 nitrogen and oxygen atoms in total. The highest BCUT2D eigenvalue weighted by atomic mass is 32.2. The van der Waals surface area contributed by atoms with Crippen LogP contribution in [0.2, 0.25) is 0 Å². The molecule has 0 saturated carbocycles. The predicted molar refractivity (Wildman–Crippen MR) is 84.7 cm³/mol. The molecular formula is C14H15N5O3S. The van der Waals surface area contributed by atoms with Gasteiger partial charge in [-0.2, -0.15) is 9.61 Å². The first-order valence-electron chi connectivity index (χ1n) is 6.77. The summed E-state index contributed by atoms with van der Waals surface area (Å²) in [6, 6.07) is 4.98. The van der Waals surface area contributed by atoms with Crippen LogP contribution >= 0.6 is 0 Å². The van der Waals surface area contributed by atoms with Crippen LogP contribution in [0.15, 0.2) is 40.4 Å². The number of sulfonamides is 1. The highest BCUT2D eigenvalue weighted by molar-refractivity contribution is 7.89. The van der Waals surface area contributed by atoms with Crippen molar-refractivity contribution < 1.29 is 8.42 Å². The van der Waals surface area contributed by atoms with Crippen molar-refractivity contribution in [1.29, 1.82) is 0 Å². The lowest BCUT2D eigenvalue weighted by Crippen LogP contribution is -2.23. The second-order valence-corrected chi connectivity index (χ2v) is 7.39. The molecule has 1 N–H and O–H groups in total. The third-order valence-corrected chi connectivity index (χ3v) is 5.53. The monoisotopic (exact) mass is 333 g/mol. The molecule has 9 heteroatoms. The molecule has 0 bridgehead atoms. The van der Waals surface area contributed by atoms with Gasteiger partial charge in [-0.1, -0.05) is 6.07 Å². The minimum Gasteiger partial charge on any atom is -0.296 e. The van der Waals surface area contributed by atoms with E-state index in [2.05, 4.69) is 15.1 Å². The molecule has 2 heterocycles. The number of aromatic amines is 1. The van der Waals surface area contributed by atoms with Crippen LogP contribution in [0.25, 0.3) is 16.8 Å². The quantitative estimate of drug-likeness (QED) is 0.758. The molecule has 2 aromatic heterocycles. The maximum Gasteiger partial charge on any atom is 0.349 e. The van der Waals surface area contributed by atoms with E-state index in [1.165, 1.54) is 30.9 Å². The van der Waals surface area contributed by atoms with E-state index in [-0.39, 0.29) is 10.6 Å². The molecule has 0 aliphatic carbocycles. The predicted octanol–water partition coefficient (Wildman–Crippen LogP) is 0.643. The number of fused-ring (bicyclic) bond motifs is 1. The van der Waals surface area contributed by atoms with Gasteiger partial charge >= 0.3 is 5.69 Å². The van der Waals surface area contributed by atoms with Gasteiger partial charge in [0.05, 0.1) is 17.4 Å². The second-order valence-electron chi connectivity index (χ2n) is 5.27. The first-order valence-corrected chi connectivity index (χ1v) is 8.21. The summed E-state index contributed by atoms with van der Waals surface area (Å²) in [5.74, 6) is 0. The standard InChI is InChI=1S/C14H15N5O3S/c1-9-6-10(4-5-12(9)23(21,22)18(2)3)11-7-17-19-13(11)15-8-16-14(19)20/h4-8H,1-3H3,(H,15,16,20). The average molecular weight is 333 g/mol. The molecule has 3 aromatic rings. The maximum atomic E-state index is 12.3. The summed E-state index contributed by atoms with van der Waals surface area (Å²) < 4.78 is 26.9. The summed E-state index contributed by atoms with van der Waals surface area (Å²) in [5.41, 5.74) is 2.04. The van der Waals surface area contributed by atoms with Crippen LogP contribution < -0.4 is 5.69 Å². The number of benzene rings is 1. The van der Waals surface area contributed by atoms with Crippen LogP contribution in [0.5, 0.6) is 0 Å². The number of aryl methyl sites for hydroxylation is 1. The third-order valence-electron chi connectivity index (χ3n) is 3.56. The van der Waals surface area contributed by atoms with E-state index in [0.29, 0.717) is 16.8 Å². The second kappa shape index (κ2) is 5.28. The van der Waals surface area contributed by atoms with Crippen molar-refractivity contribution in [3.8, 4) is 11.1 Å². The summed E-state index contributed by atoms with van der Waals surface area (Å²) >= 11 is 0. The molecule has 0 fully saturated rings. The zero-order valence-corrected chi connectivity index (χ0v) is 13.6. The highest BCUT2D eigenvalue weighted by Crippen LogP contribution is 2.27. The minimum atomic E-state index is -3.50. The Labute approximate surface area is 132 Å². The van der Waals surface area contributed by atoms with Crippen molar-refractivity contribution in [1.82, 2.24) is 23.9 Å². The SMILES string of the molecule is Cc1cc(-c2cnn3c(=O)[nH]cnc23)ccc1S(=O)(=O)N(C)C. The molecule has 1 aromatic carbocycles. The molecule has 0 saturated heterocycles. The largest absolute Gasteiger partial charge is 0.349 e. The maximum absolute atomic E-state index is 12.3. The van der Waals surface area contributed by atoms with E-state index < -0.39 is 10.0 Å². The van der Waals surface area contributed by atoms with Gasteiger partial charge in [-0.15, -0.1) is 0 Å². The van der Waals surface area contributed by atoms with Gasteiger partial charge in [0.1, 0.15) is 0 Å². The molecule has 0 aliphatic rings. The number of nitrogens with one attached hydrogen (secondary N) is 1. The number of aromatic nitrogens is 4. The Morgan fingerprint density at radius 1 is 1.26 bits per heavy atom. The number of H-pyrrole nitrogens is 1. The van der Waals surface area contributed by atoms with Gasteiger partial charge in [-0.25, -0.2) is 22.5 Å². The summed E-state index contributed by atoms with van der Waals surface area (Å²) in [7, 11) is -0.520. The normalized spacial score (nSPS) is 12.2. The Kier molecular flexibility index (Phi) is 3.53. The lowest BCUT2D eigenvalue weighted by Gasteiger charge is -2.14. The van der Waals surface area contributed by atoms with Crippen molar-refractivity contribution in [2.45, 2.75) is 11.8 Å². The summed E-state index contributed by atoms with van der Waals surface area (Å²) in [4.78, 5) is 18.5. The Balaban J connectivity index is 2.17. The zero-order chi connectivity index (χ0) is 16.8. The Morgan fingerprint density at radius 2 is 2.00 bits per heavy atom. The highest BCUT2D eigenvalue weighted by Gasteiger charge is 2.20. The molecular weight excluding hydrogens is 318 g/mol. The topological polar surface area (TPSA) is 100 Å². The van der Waals surface area contributed by atoms with Gasteiger partial charge in [-0.05, 0) is 30.2 Å². The van der Waals surface area contributed by atoms with Gasteiger partial charge in [0, 0.05) is 19.7 Å². The van der Waals surface area contributed by atoms with Crippen molar-refractivity contribution >= 4 is 15.7 Å². The summed E-state index contributed by atoms with van der Waals surface area (Å²) in [6.07, 6.45) is 2.84. The van der Waals surface area contributed by atoms with Crippen molar-refractivity contribution in [2.24, 2.45) is 0 Å². The van der Waals surface area contributed by atoms with Crippen LogP contribution in [0, 0.1) is 6.92 Å². The van der Waals surface area contributed by atoms with Crippen LogP contribution in [0.4, 0.5) is 0 Å². The first-order chi connectivity index (χ1) is 10.8. The van der Waals surface area contributed by atoms with Gasteiger partial charge in [0.15, 0.2) is 5.65 Å². The van der Waals surface area contributed by atoms with Gasteiger partial charge in [0.2, 0.25) is 10.0 Å². The Bertz CT molecular complexity index is 1050. The van der Waals surface area contributed by atoms with Gasteiger partial charge < -0.3 is 0 Å². The van der Waals surface area contributed by atoms with E-state index in [4.69, 9.17) is 0 Å². The number of hydrogen-bond donors (Lipinski definition) is 1. The van der Waals surface area contributed by atoms with E-state index in [0.717, 1.165) is 10.1 Å². The van der Waals surface area contributed by atoms with Crippen molar-refractivity contribution in [3.05, 3.63) is 46.8 Å². The molecule has 0 radical (unpaired) electrons. The molecule has 23 heavy (non-hydrogen) atoms. The average Bonchev–Trinajstić information content (AvgIpc) is 2.92. The van der Waals surface area contributed by atoms with E-state index in [1.807, 2.05) is 0 Å². The molecule has 0 spiro atoms. The molecule has 0 amide bonds. The summed E-state index contributed by atoms with van der Waals surface area (Å²) in [5, 5.41) is 4.01. The Morgan fingerprint density at radius 3 is 2.65 bits per heavy atom. The lowest BCUT2D eigenvalue weighted by atomic mass is 10.1. The fourth-order valence-electron chi connectivity index (χ4n) is 2.33. The van der Waals surface area contributed by atoms with Gasteiger partial charge in [0.25, 0.3) is 0 Å². The molecule has 0 aliphatic heterocycles. The summed E-state index contributed by atoms with van der Waals surface area (Å²) in [6.45, 7) is 1.73. The van der Waals surface area contributed by atoms with E-state index in [1.54, 1.807) is 25.1 Å². The zero-order valence-electron chi connectivity index (χ0n) is 12.8. The lowest BCUT2D eigenvalue weighted by molar-refractivity contribution is 0.520. The van der Waals surface area contributed by atoms with Crippen LogP contribution in [0.3, 0.4) is 0 Å². The van der Waals surface area contributed by atoms with Crippen molar-refractivity contribution in [3.63, 3.8) is 0 Å². The third kappa shape index (κ3) is 2.43. The Hall–Kier alpha value is -2.52. The fraction of sp³-hybridized carbons (Fsp3) is 0.214. The number of rotatable bonds is 3.